The molecule has 1 aromatic heterocycles. The fourth-order valence-electron chi connectivity index (χ4n) is 3.48. The van der Waals surface area contributed by atoms with E-state index in [0.29, 0.717) is 22.9 Å². The van der Waals surface area contributed by atoms with E-state index >= 15 is 0 Å². The highest BCUT2D eigenvalue weighted by Crippen LogP contribution is 2.34. The van der Waals surface area contributed by atoms with E-state index in [0.717, 1.165) is 44.2 Å². The van der Waals surface area contributed by atoms with E-state index in [2.05, 4.69) is 21.1 Å². The van der Waals surface area contributed by atoms with Crippen LogP contribution >= 0.6 is 23.2 Å². The van der Waals surface area contributed by atoms with Crippen molar-refractivity contribution >= 4 is 23.2 Å². The highest BCUT2D eigenvalue weighted by molar-refractivity contribution is 6.36. The van der Waals surface area contributed by atoms with E-state index < -0.39 is 11.9 Å². The van der Waals surface area contributed by atoms with Crippen LogP contribution in [0.2, 0.25) is 10.0 Å². The van der Waals surface area contributed by atoms with Gasteiger partial charge in [0.15, 0.2) is 6.20 Å². The van der Waals surface area contributed by atoms with Crippen molar-refractivity contribution in [3.63, 3.8) is 0 Å². The quantitative estimate of drug-likeness (QED) is 0.402. The minimum Gasteiger partial charge on any atom is -0.492 e. The summed E-state index contributed by atoms with van der Waals surface area (Å²) in [5, 5.41) is 0.227. The lowest BCUT2D eigenvalue weighted by atomic mass is 10.1. The highest BCUT2D eigenvalue weighted by atomic mass is 35.5. The van der Waals surface area contributed by atoms with E-state index in [1.165, 1.54) is 12.1 Å². The van der Waals surface area contributed by atoms with Crippen LogP contribution in [0.15, 0.2) is 42.6 Å². The molecular formula is C24H23Cl2FN3O3. The molecule has 3 aromatic rings. The van der Waals surface area contributed by atoms with E-state index in [1.807, 2.05) is 24.3 Å². The summed E-state index contributed by atoms with van der Waals surface area (Å²) in [6.07, 6.45) is 3.64. The molecule has 1 radical (unpaired) electrons. The Bertz CT molecular complexity index is 1080. The molecule has 1 fully saturated rings. The number of rotatable bonds is 8. The molecule has 4 rings (SSSR count). The molecule has 1 saturated heterocycles. The van der Waals surface area contributed by atoms with Gasteiger partial charge in [-0.1, -0.05) is 23.2 Å². The van der Waals surface area contributed by atoms with Gasteiger partial charge in [-0.25, -0.2) is 14.4 Å². The SMILES string of the molecule is CC(Oc1[c]ncc(-c2ccc(OCCN3CCOCC3)cc2)n1)c1c(Cl)ccc(F)c1Cl. The van der Waals surface area contributed by atoms with Gasteiger partial charge in [0.05, 0.1) is 30.1 Å². The molecule has 0 N–H and O–H groups in total. The first-order chi connectivity index (χ1) is 16.0. The van der Waals surface area contributed by atoms with Crippen LogP contribution in [0.5, 0.6) is 11.6 Å². The maximum absolute atomic E-state index is 13.8. The van der Waals surface area contributed by atoms with Gasteiger partial charge in [0.25, 0.3) is 0 Å². The van der Waals surface area contributed by atoms with Crippen molar-refractivity contribution in [3.8, 4) is 22.9 Å². The lowest BCUT2D eigenvalue weighted by molar-refractivity contribution is 0.0322. The third-order valence-corrected chi connectivity index (χ3v) is 5.99. The summed E-state index contributed by atoms with van der Waals surface area (Å²) in [7, 11) is 0. The molecule has 0 aliphatic carbocycles. The molecule has 9 heteroatoms. The fraction of sp³-hybridized carbons (Fsp3) is 0.333. The molecule has 33 heavy (non-hydrogen) atoms. The van der Waals surface area contributed by atoms with Crippen LogP contribution < -0.4 is 9.47 Å². The Kier molecular flexibility index (Phi) is 7.98. The predicted octanol–water partition coefficient (Wildman–Crippen LogP) is 5.24. The summed E-state index contributed by atoms with van der Waals surface area (Å²) < 4.78 is 30.9. The molecule has 1 atom stereocenters. The number of nitrogens with zero attached hydrogens (tertiary/aromatic N) is 3. The third kappa shape index (κ3) is 6.12. The van der Waals surface area contributed by atoms with Crippen LogP contribution in [0.1, 0.15) is 18.6 Å². The van der Waals surface area contributed by atoms with Crippen LogP contribution in [-0.2, 0) is 4.74 Å². The zero-order chi connectivity index (χ0) is 23.2. The monoisotopic (exact) mass is 490 g/mol. The fourth-order valence-corrected chi connectivity index (χ4v) is 4.16. The number of ether oxygens (including phenoxy) is 3. The summed E-state index contributed by atoms with van der Waals surface area (Å²) in [5.74, 6) is 0.368. The molecule has 1 aliphatic rings. The van der Waals surface area contributed by atoms with E-state index in [1.54, 1.807) is 13.1 Å². The van der Waals surface area contributed by atoms with E-state index in [9.17, 15) is 4.39 Å². The average Bonchev–Trinajstić information content (AvgIpc) is 2.83. The van der Waals surface area contributed by atoms with Crippen molar-refractivity contribution in [2.75, 3.05) is 39.5 Å². The molecule has 2 aromatic carbocycles. The van der Waals surface area contributed by atoms with Crippen molar-refractivity contribution in [1.29, 1.82) is 0 Å². The smallest absolute Gasteiger partial charge is 0.243 e. The molecular weight excluding hydrogens is 468 g/mol. The van der Waals surface area contributed by atoms with Crippen molar-refractivity contribution in [1.82, 2.24) is 14.9 Å². The topological polar surface area (TPSA) is 56.7 Å². The second-order valence-corrected chi connectivity index (χ2v) is 8.30. The standard InChI is InChI=1S/C24H23Cl2FN3O3/c1-16(23-19(25)6-7-20(27)24(23)26)33-22-15-28-14-21(29-22)17-2-4-18(5-3-17)32-13-10-30-8-11-31-12-9-30/h2-7,14,16H,8-13H2,1H3. The first-order valence-corrected chi connectivity index (χ1v) is 11.3. The number of morpholine rings is 1. The van der Waals surface area contributed by atoms with Gasteiger partial charge in [0, 0.05) is 35.8 Å². The van der Waals surface area contributed by atoms with Crippen molar-refractivity contribution in [2.24, 2.45) is 0 Å². The summed E-state index contributed by atoms with van der Waals surface area (Å²) in [4.78, 5) is 10.9. The Morgan fingerprint density at radius 2 is 1.91 bits per heavy atom. The first kappa shape index (κ1) is 23.7. The molecule has 2 heterocycles. The van der Waals surface area contributed by atoms with Crippen molar-refractivity contribution in [3.05, 3.63) is 70.2 Å². The van der Waals surface area contributed by atoms with Gasteiger partial charge < -0.3 is 14.2 Å². The number of hydrogen-bond donors (Lipinski definition) is 0. The molecule has 0 amide bonds. The van der Waals surface area contributed by atoms with Crippen LogP contribution in [0.4, 0.5) is 4.39 Å². The van der Waals surface area contributed by atoms with E-state index in [-0.39, 0.29) is 10.9 Å². The minimum atomic E-state index is -0.649. The first-order valence-electron chi connectivity index (χ1n) is 10.6. The maximum Gasteiger partial charge on any atom is 0.243 e. The lowest BCUT2D eigenvalue weighted by Crippen LogP contribution is -2.38. The molecule has 0 spiro atoms. The molecule has 0 bridgehead atoms. The van der Waals surface area contributed by atoms with Gasteiger partial charge in [-0.2, -0.15) is 0 Å². The molecule has 0 saturated carbocycles. The molecule has 1 aliphatic heterocycles. The maximum atomic E-state index is 13.8. The Labute approximate surface area is 202 Å². The summed E-state index contributed by atoms with van der Waals surface area (Å²) in [6.45, 7) is 6.61. The van der Waals surface area contributed by atoms with Crippen molar-refractivity contribution in [2.45, 2.75) is 13.0 Å². The van der Waals surface area contributed by atoms with E-state index in [4.69, 9.17) is 37.4 Å². The largest absolute Gasteiger partial charge is 0.492 e. The Balaban J connectivity index is 1.38. The van der Waals surface area contributed by atoms with Gasteiger partial charge in [0.1, 0.15) is 24.3 Å². The van der Waals surface area contributed by atoms with Gasteiger partial charge in [-0.05, 0) is 43.3 Å². The summed E-state index contributed by atoms with van der Waals surface area (Å²) in [5.41, 5.74) is 1.79. The highest BCUT2D eigenvalue weighted by Gasteiger charge is 2.19. The van der Waals surface area contributed by atoms with Crippen LogP contribution in [0.3, 0.4) is 0 Å². The zero-order valence-electron chi connectivity index (χ0n) is 18.1. The lowest BCUT2D eigenvalue weighted by Gasteiger charge is -2.26. The predicted molar refractivity (Wildman–Crippen MR) is 125 cm³/mol. The summed E-state index contributed by atoms with van der Waals surface area (Å²) in [6, 6.07) is 10.2. The van der Waals surface area contributed by atoms with Gasteiger partial charge in [-0.15, -0.1) is 0 Å². The average molecular weight is 491 g/mol. The van der Waals surface area contributed by atoms with Crippen molar-refractivity contribution < 1.29 is 18.6 Å². The Hall–Kier alpha value is -2.45. The number of hydrogen-bond acceptors (Lipinski definition) is 6. The second-order valence-electron chi connectivity index (χ2n) is 7.52. The molecule has 6 nitrogen and oxygen atoms in total. The number of benzene rings is 2. The number of halogens is 3. The van der Waals surface area contributed by atoms with Gasteiger partial charge >= 0.3 is 0 Å². The van der Waals surface area contributed by atoms with Gasteiger partial charge in [0.2, 0.25) is 5.88 Å². The molecule has 1 unspecified atom stereocenters. The minimum absolute atomic E-state index is 0.0803. The normalized spacial score (nSPS) is 15.3. The van der Waals surface area contributed by atoms with Crippen LogP contribution in [-0.4, -0.2) is 54.3 Å². The van der Waals surface area contributed by atoms with Gasteiger partial charge in [-0.3, -0.25) is 4.90 Å². The Morgan fingerprint density at radius 1 is 1.15 bits per heavy atom. The third-order valence-electron chi connectivity index (χ3n) is 5.27. The molecule has 173 valence electrons. The van der Waals surface area contributed by atoms with Crippen LogP contribution in [0.25, 0.3) is 11.3 Å². The summed E-state index contributed by atoms with van der Waals surface area (Å²) >= 11 is 12.3. The Morgan fingerprint density at radius 3 is 2.67 bits per heavy atom. The zero-order valence-corrected chi connectivity index (χ0v) is 19.6. The van der Waals surface area contributed by atoms with Crippen LogP contribution in [0, 0.1) is 12.0 Å². The second kappa shape index (κ2) is 11.1. The number of aromatic nitrogens is 2.